The minimum Gasteiger partial charge on any atom is -0.370 e. The fourth-order valence-corrected chi connectivity index (χ4v) is 5.72. The van der Waals surface area contributed by atoms with E-state index in [4.69, 9.17) is 0 Å². The number of halogens is 1. The third-order valence-corrected chi connectivity index (χ3v) is 8.02. The summed E-state index contributed by atoms with van der Waals surface area (Å²) in [6.07, 6.45) is -0.802. The number of aliphatic hydroxyl groups excluding tert-OH is 1. The van der Waals surface area contributed by atoms with Gasteiger partial charge in [0.1, 0.15) is 6.17 Å². The predicted molar refractivity (Wildman–Crippen MR) is 120 cm³/mol. The summed E-state index contributed by atoms with van der Waals surface area (Å²) in [6.45, 7) is 2.49. The molecule has 1 saturated heterocycles. The summed E-state index contributed by atoms with van der Waals surface area (Å²) >= 11 is 0. The molecule has 11 heteroatoms. The third-order valence-electron chi connectivity index (χ3n) is 5.47. The Bertz CT molecular complexity index is 1190. The number of nitrogens with one attached hydrogen (secondary N) is 1. The lowest BCUT2D eigenvalue weighted by Gasteiger charge is -2.32. The predicted octanol–water partition coefficient (Wildman–Crippen LogP) is 2.37. The van der Waals surface area contributed by atoms with Gasteiger partial charge in [-0.1, -0.05) is 19.1 Å². The lowest BCUT2D eigenvalue weighted by atomic mass is 10.1. The number of sulfone groups is 1. The summed E-state index contributed by atoms with van der Waals surface area (Å²) in [7, 11) is -7.83. The van der Waals surface area contributed by atoms with Crippen molar-refractivity contribution in [3.63, 3.8) is 0 Å². The van der Waals surface area contributed by atoms with Gasteiger partial charge >= 0.3 is 0 Å². The normalized spacial score (nSPS) is 15.9. The molecule has 1 heterocycles. The van der Waals surface area contributed by atoms with Gasteiger partial charge in [-0.25, -0.2) is 21.2 Å². The van der Waals surface area contributed by atoms with E-state index in [1.54, 1.807) is 6.92 Å². The van der Waals surface area contributed by atoms with Gasteiger partial charge in [0.05, 0.1) is 21.2 Å². The highest BCUT2D eigenvalue weighted by Gasteiger charge is 2.26. The first-order chi connectivity index (χ1) is 14.9. The van der Waals surface area contributed by atoms with Crippen molar-refractivity contribution in [2.45, 2.75) is 48.4 Å². The monoisotopic (exact) mass is 486 g/mol. The van der Waals surface area contributed by atoms with Crippen LogP contribution >= 0.6 is 0 Å². The first kappa shape index (κ1) is 24.4. The van der Waals surface area contributed by atoms with E-state index in [2.05, 4.69) is 4.72 Å². The number of sulfonamides is 1. The molecule has 0 atom stereocenters. The van der Waals surface area contributed by atoms with E-state index in [0.29, 0.717) is 30.8 Å². The summed E-state index contributed by atoms with van der Waals surface area (Å²) in [5.74, 6) is 0. The molecular formula is C21H27FN2O6S2. The third kappa shape index (κ3) is 5.40. The lowest BCUT2D eigenvalue weighted by molar-refractivity contribution is -0.0426. The highest BCUT2D eigenvalue weighted by Crippen LogP contribution is 2.34. The smallest absolute Gasteiger partial charge is 0.262 e. The molecule has 0 saturated carbocycles. The van der Waals surface area contributed by atoms with Crippen LogP contribution < -0.4 is 9.62 Å². The number of anilines is 2. The molecule has 0 aliphatic carbocycles. The topological polar surface area (TPSA) is 124 Å². The largest absolute Gasteiger partial charge is 0.370 e. The van der Waals surface area contributed by atoms with E-state index < -0.39 is 32.3 Å². The molecule has 3 rings (SSSR count). The van der Waals surface area contributed by atoms with Crippen LogP contribution in [0.15, 0.2) is 46.2 Å². The molecule has 2 aromatic carbocycles. The fourth-order valence-electron chi connectivity index (χ4n) is 3.67. The molecule has 8 nitrogen and oxygen atoms in total. The van der Waals surface area contributed by atoms with Gasteiger partial charge in [0.2, 0.25) is 0 Å². The number of alkyl halides is 1. The average molecular weight is 487 g/mol. The molecule has 0 spiro atoms. The highest BCUT2D eigenvalue weighted by molar-refractivity contribution is 7.92. The van der Waals surface area contributed by atoms with Gasteiger partial charge in [0, 0.05) is 24.9 Å². The zero-order valence-corrected chi connectivity index (χ0v) is 19.5. The highest BCUT2D eigenvalue weighted by atomic mass is 32.2. The van der Waals surface area contributed by atoms with E-state index in [1.807, 2.05) is 4.90 Å². The Kier molecular flexibility index (Phi) is 7.13. The summed E-state index contributed by atoms with van der Waals surface area (Å²) in [4.78, 5) is 1.62. The Morgan fingerprint density at radius 1 is 1.09 bits per heavy atom. The van der Waals surface area contributed by atoms with Gasteiger partial charge in [0.15, 0.2) is 16.1 Å². The number of hydrogen-bond acceptors (Lipinski definition) is 7. The van der Waals surface area contributed by atoms with Crippen molar-refractivity contribution in [2.24, 2.45) is 0 Å². The quantitative estimate of drug-likeness (QED) is 0.513. The molecule has 1 fully saturated rings. The zero-order chi connectivity index (χ0) is 23.7. The summed E-state index contributed by atoms with van der Waals surface area (Å²) in [5.41, 5.74) is 0.977. The Balaban J connectivity index is 2.09. The number of nitrogens with zero attached hydrogens (tertiary/aromatic N) is 1. The van der Waals surface area contributed by atoms with Gasteiger partial charge in [-0.15, -0.1) is 0 Å². The minimum absolute atomic E-state index is 0.0118. The maximum absolute atomic E-state index is 13.6. The summed E-state index contributed by atoms with van der Waals surface area (Å²) < 4.78 is 66.8. The lowest BCUT2D eigenvalue weighted by Crippen LogP contribution is -2.35. The van der Waals surface area contributed by atoms with E-state index >= 15 is 0 Å². The summed E-state index contributed by atoms with van der Waals surface area (Å²) in [5, 5.41) is 18.9. The molecular weight excluding hydrogens is 459 g/mol. The molecule has 2 aromatic rings. The molecule has 3 N–H and O–H groups in total. The Morgan fingerprint density at radius 2 is 1.75 bits per heavy atom. The van der Waals surface area contributed by atoms with Gasteiger partial charge in [0.25, 0.3) is 10.0 Å². The van der Waals surface area contributed by atoms with E-state index in [1.165, 1.54) is 36.4 Å². The van der Waals surface area contributed by atoms with Crippen LogP contribution in [0.4, 0.5) is 15.8 Å². The Labute approximate surface area is 187 Å². The van der Waals surface area contributed by atoms with Crippen LogP contribution in [-0.4, -0.2) is 52.6 Å². The first-order valence-corrected chi connectivity index (χ1v) is 13.5. The van der Waals surface area contributed by atoms with E-state index in [0.717, 1.165) is 6.26 Å². The Morgan fingerprint density at radius 3 is 2.31 bits per heavy atom. The van der Waals surface area contributed by atoms with Crippen molar-refractivity contribution in [3.05, 3.63) is 47.5 Å². The number of piperidine rings is 1. The van der Waals surface area contributed by atoms with Crippen LogP contribution in [-0.2, 0) is 26.3 Å². The number of hydrogen-bond donors (Lipinski definition) is 3. The van der Waals surface area contributed by atoms with Gasteiger partial charge in [-0.3, -0.25) is 4.72 Å². The molecule has 0 aromatic heterocycles. The SMILES string of the molecule is CCc1ccc(C(O)O)cc1S(=O)(=O)Nc1cc(S(C)(=O)=O)ccc1N1CCC(F)CC1. The van der Waals surface area contributed by atoms with Crippen molar-refractivity contribution >= 4 is 31.2 Å². The molecule has 0 amide bonds. The van der Waals surface area contributed by atoms with E-state index in [-0.39, 0.29) is 33.9 Å². The van der Waals surface area contributed by atoms with Gasteiger partial charge in [-0.2, -0.15) is 0 Å². The van der Waals surface area contributed by atoms with Crippen molar-refractivity contribution in [2.75, 3.05) is 29.0 Å². The van der Waals surface area contributed by atoms with Crippen LogP contribution in [0.2, 0.25) is 0 Å². The second-order valence-corrected chi connectivity index (χ2v) is 11.5. The van der Waals surface area contributed by atoms with Crippen LogP contribution in [0.25, 0.3) is 0 Å². The second-order valence-electron chi connectivity index (χ2n) is 7.81. The zero-order valence-electron chi connectivity index (χ0n) is 17.8. The van der Waals surface area contributed by atoms with Crippen molar-refractivity contribution in [1.82, 2.24) is 0 Å². The fraction of sp³-hybridized carbons (Fsp3) is 0.429. The van der Waals surface area contributed by atoms with Crippen molar-refractivity contribution in [1.29, 1.82) is 0 Å². The maximum atomic E-state index is 13.6. The minimum atomic E-state index is -4.21. The van der Waals surface area contributed by atoms with Gasteiger partial charge < -0.3 is 15.1 Å². The van der Waals surface area contributed by atoms with Gasteiger partial charge in [-0.05, 0) is 49.1 Å². The molecule has 0 radical (unpaired) electrons. The molecule has 1 aliphatic rings. The van der Waals surface area contributed by atoms with Crippen molar-refractivity contribution < 1.29 is 31.4 Å². The number of benzene rings is 2. The molecule has 32 heavy (non-hydrogen) atoms. The maximum Gasteiger partial charge on any atom is 0.262 e. The van der Waals surface area contributed by atoms with Crippen LogP contribution in [0.5, 0.6) is 0 Å². The van der Waals surface area contributed by atoms with E-state index in [9.17, 15) is 31.4 Å². The standard InChI is InChI=1S/C21H27FN2O6S2/c1-3-14-4-5-15(21(25)26)12-20(14)32(29,30)23-18-13-17(31(2,27)28)6-7-19(18)24-10-8-16(22)9-11-24/h4-7,12-13,16,21,23,25-26H,3,8-11H2,1-2H3. The van der Waals surface area contributed by atoms with Crippen LogP contribution in [0, 0.1) is 0 Å². The summed E-state index contributed by atoms with van der Waals surface area (Å²) in [6, 6.07) is 8.27. The number of aliphatic hydroxyl groups is 2. The molecule has 0 bridgehead atoms. The average Bonchev–Trinajstić information content (AvgIpc) is 2.73. The van der Waals surface area contributed by atoms with Crippen LogP contribution in [0.3, 0.4) is 0 Å². The molecule has 0 unspecified atom stereocenters. The number of aryl methyl sites for hydroxylation is 1. The molecule has 176 valence electrons. The first-order valence-electron chi connectivity index (χ1n) is 10.2. The Hall–Kier alpha value is -2.21. The second kappa shape index (κ2) is 9.34. The van der Waals surface area contributed by atoms with Crippen molar-refractivity contribution in [3.8, 4) is 0 Å². The molecule has 1 aliphatic heterocycles. The van der Waals surface area contributed by atoms with Crippen LogP contribution in [0.1, 0.15) is 37.2 Å². The number of rotatable bonds is 7.